The number of carbonyl (C=O) groups is 1. The maximum Gasteiger partial charge on any atom is 0.150 e. The zero-order valence-electron chi connectivity index (χ0n) is 6.77. The molecule has 1 aromatic heterocycles. The minimum Gasteiger partial charge on any atom is -0.507 e. The lowest BCUT2D eigenvalue weighted by atomic mass is 10.1. The molecule has 0 spiro atoms. The minimum atomic E-state index is 0.0905. The first-order valence-corrected chi connectivity index (χ1v) is 3.83. The van der Waals surface area contributed by atoms with Crippen molar-refractivity contribution in [3.63, 3.8) is 0 Å². The number of hydrogen-bond acceptors (Lipinski definition) is 3. The van der Waals surface area contributed by atoms with Crippen LogP contribution in [0.25, 0.3) is 10.8 Å². The average molecular weight is 173 g/mol. The van der Waals surface area contributed by atoms with E-state index in [0.29, 0.717) is 17.2 Å². The molecule has 2 aromatic rings. The van der Waals surface area contributed by atoms with Gasteiger partial charge in [0.2, 0.25) is 0 Å². The van der Waals surface area contributed by atoms with Crippen molar-refractivity contribution < 1.29 is 9.90 Å². The summed E-state index contributed by atoms with van der Waals surface area (Å²) in [7, 11) is 0. The Labute approximate surface area is 74.7 Å². The number of phenols is 1. The van der Waals surface area contributed by atoms with Gasteiger partial charge in [-0.3, -0.25) is 9.78 Å². The summed E-state index contributed by atoms with van der Waals surface area (Å²) in [6.07, 6.45) is 3.90. The number of pyridine rings is 1. The Balaban J connectivity index is 2.84. The highest BCUT2D eigenvalue weighted by atomic mass is 16.3. The Kier molecular flexibility index (Phi) is 1.70. The van der Waals surface area contributed by atoms with E-state index in [2.05, 4.69) is 4.98 Å². The van der Waals surface area contributed by atoms with Crippen molar-refractivity contribution in [3.8, 4) is 5.75 Å². The Hall–Kier alpha value is -1.90. The van der Waals surface area contributed by atoms with Crippen LogP contribution in [0.1, 0.15) is 10.4 Å². The Morgan fingerprint density at radius 1 is 1.38 bits per heavy atom. The van der Waals surface area contributed by atoms with Gasteiger partial charge < -0.3 is 5.11 Å². The van der Waals surface area contributed by atoms with Gasteiger partial charge >= 0.3 is 0 Å². The van der Waals surface area contributed by atoms with Crippen LogP contribution in [-0.4, -0.2) is 16.4 Å². The molecule has 64 valence electrons. The maximum atomic E-state index is 10.5. The lowest BCUT2D eigenvalue weighted by Crippen LogP contribution is -1.82. The molecule has 0 aliphatic carbocycles. The molecule has 0 radical (unpaired) electrons. The van der Waals surface area contributed by atoms with Crippen molar-refractivity contribution in [2.45, 2.75) is 0 Å². The second-order valence-corrected chi connectivity index (χ2v) is 2.75. The molecule has 2 rings (SSSR count). The van der Waals surface area contributed by atoms with Gasteiger partial charge in [-0.2, -0.15) is 0 Å². The zero-order chi connectivity index (χ0) is 9.26. The maximum absolute atomic E-state index is 10.5. The predicted molar refractivity (Wildman–Crippen MR) is 48.8 cm³/mol. The van der Waals surface area contributed by atoms with Crippen LogP contribution in [-0.2, 0) is 0 Å². The van der Waals surface area contributed by atoms with Crippen molar-refractivity contribution in [3.05, 3.63) is 36.2 Å². The highest BCUT2D eigenvalue weighted by molar-refractivity contribution is 5.92. The van der Waals surface area contributed by atoms with Gasteiger partial charge in [-0.25, -0.2) is 0 Å². The van der Waals surface area contributed by atoms with Crippen molar-refractivity contribution >= 4 is 17.1 Å². The number of aromatic nitrogens is 1. The van der Waals surface area contributed by atoms with Crippen molar-refractivity contribution in [1.82, 2.24) is 4.98 Å². The number of rotatable bonds is 1. The van der Waals surface area contributed by atoms with Gasteiger partial charge in [0.1, 0.15) is 12.0 Å². The summed E-state index contributed by atoms with van der Waals surface area (Å²) in [5, 5.41) is 11.0. The summed E-state index contributed by atoms with van der Waals surface area (Å²) in [5.74, 6) is 0.0905. The van der Waals surface area contributed by atoms with E-state index in [-0.39, 0.29) is 5.75 Å². The SMILES string of the molecule is O=Cc1cc(O)c2cnccc2c1. The molecule has 0 bridgehead atoms. The molecule has 0 unspecified atom stereocenters. The summed E-state index contributed by atoms with van der Waals surface area (Å²) >= 11 is 0. The van der Waals surface area contributed by atoms with Crippen LogP contribution in [0.4, 0.5) is 0 Å². The Morgan fingerprint density at radius 2 is 2.23 bits per heavy atom. The zero-order valence-corrected chi connectivity index (χ0v) is 6.77. The first-order valence-electron chi connectivity index (χ1n) is 3.83. The summed E-state index contributed by atoms with van der Waals surface area (Å²) in [4.78, 5) is 14.4. The predicted octanol–water partition coefficient (Wildman–Crippen LogP) is 1.75. The normalized spacial score (nSPS) is 10.2. The molecule has 1 heterocycles. The molecule has 0 aliphatic rings. The lowest BCUT2D eigenvalue weighted by molar-refractivity contribution is 0.112. The third-order valence-corrected chi connectivity index (χ3v) is 1.89. The van der Waals surface area contributed by atoms with E-state index in [9.17, 15) is 9.90 Å². The van der Waals surface area contributed by atoms with Gasteiger partial charge in [0.15, 0.2) is 0 Å². The minimum absolute atomic E-state index is 0.0905. The van der Waals surface area contributed by atoms with E-state index in [1.165, 1.54) is 6.07 Å². The van der Waals surface area contributed by atoms with E-state index >= 15 is 0 Å². The highest BCUT2D eigenvalue weighted by Crippen LogP contribution is 2.24. The topological polar surface area (TPSA) is 50.2 Å². The van der Waals surface area contributed by atoms with E-state index in [0.717, 1.165) is 5.39 Å². The first-order chi connectivity index (χ1) is 6.31. The third kappa shape index (κ3) is 1.24. The number of benzene rings is 1. The van der Waals surface area contributed by atoms with Crippen molar-refractivity contribution in [2.75, 3.05) is 0 Å². The van der Waals surface area contributed by atoms with E-state index in [1.54, 1.807) is 24.5 Å². The standard InChI is InChI=1S/C10H7NO2/c12-6-7-3-8-1-2-11-5-9(8)10(13)4-7/h1-6,13H. The number of fused-ring (bicyclic) bond motifs is 1. The molecule has 1 N–H and O–H groups in total. The lowest BCUT2D eigenvalue weighted by Gasteiger charge is -2.00. The van der Waals surface area contributed by atoms with Gasteiger partial charge in [-0.1, -0.05) is 0 Å². The monoisotopic (exact) mass is 173 g/mol. The van der Waals surface area contributed by atoms with Gasteiger partial charge in [0.25, 0.3) is 0 Å². The second kappa shape index (κ2) is 2.86. The molecular formula is C10H7NO2. The summed E-state index contributed by atoms with van der Waals surface area (Å²) in [6, 6.07) is 4.89. The van der Waals surface area contributed by atoms with Crippen LogP contribution in [0, 0.1) is 0 Å². The van der Waals surface area contributed by atoms with Gasteiger partial charge in [-0.05, 0) is 23.6 Å². The molecule has 13 heavy (non-hydrogen) atoms. The molecule has 0 saturated heterocycles. The fourth-order valence-corrected chi connectivity index (χ4v) is 1.27. The van der Waals surface area contributed by atoms with Crippen LogP contribution in [0.15, 0.2) is 30.6 Å². The molecule has 0 atom stereocenters. The number of aldehydes is 1. The Bertz CT molecular complexity index is 465. The quantitative estimate of drug-likeness (QED) is 0.668. The first kappa shape index (κ1) is 7.73. The third-order valence-electron chi connectivity index (χ3n) is 1.89. The molecule has 0 fully saturated rings. The number of phenolic OH excluding ortho intramolecular Hbond substituents is 1. The molecule has 1 aromatic carbocycles. The van der Waals surface area contributed by atoms with E-state index in [1.807, 2.05) is 0 Å². The van der Waals surface area contributed by atoms with Crippen LogP contribution in [0.2, 0.25) is 0 Å². The molecule has 3 nitrogen and oxygen atoms in total. The molecule has 0 aliphatic heterocycles. The average Bonchev–Trinajstić information content (AvgIpc) is 2.18. The molecule has 0 saturated carbocycles. The van der Waals surface area contributed by atoms with Crippen LogP contribution < -0.4 is 0 Å². The Morgan fingerprint density at radius 3 is 3.00 bits per heavy atom. The van der Waals surface area contributed by atoms with Gasteiger partial charge in [0, 0.05) is 23.3 Å². The number of aromatic hydroxyl groups is 1. The molecule has 0 amide bonds. The van der Waals surface area contributed by atoms with E-state index < -0.39 is 0 Å². The molecular weight excluding hydrogens is 166 g/mol. The highest BCUT2D eigenvalue weighted by Gasteiger charge is 2.01. The van der Waals surface area contributed by atoms with Crippen molar-refractivity contribution in [2.24, 2.45) is 0 Å². The van der Waals surface area contributed by atoms with E-state index in [4.69, 9.17) is 0 Å². The van der Waals surface area contributed by atoms with Gasteiger partial charge in [0.05, 0.1) is 0 Å². The fraction of sp³-hybridized carbons (Fsp3) is 0. The number of carbonyl (C=O) groups excluding carboxylic acids is 1. The van der Waals surface area contributed by atoms with Gasteiger partial charge in [-0.15, -0.1) is 0 Å². The fourth-order valence-electron chi connectivity index (χ4n) is 1.27. The summed E-state index contributed by atoms with van der Waals surface area (Å²) < 4.78 is 0. The molecule has 3 heteroatoms. The van der Waals surface area contributed by atoms with Crippen molar-refractivity contribution in [1.29, 1.82) is 0 Å². The van der Waals surface area contributed by atoms with Crippen LogP contribution >= 0.6 is 0 Å². The van der Waals surface area contributed by atoms with Crippen LogP contribution in [0.5, 0.6) is 5.75 Å². The summed E-state index contributed by atoms with van der Waals surface area (Å²) in [6.45, 7) is 0. The smallest absolute Gasteiger partial charge is 0.150 e. The summed E-state index contributed by atoms with van der Waals surface area (Å²) in [5.41, 5.74) is 0.469. The second-order valence-electron chi connectivity index (χ2n) is 2.75. The van der Waals surface area contributed by atoms with Crippen LogP contribution in [0.3, 0.4) is 0 Å². The largest absolute Gasteiger partial charge is 0.507 e. The number of nitrogens with zero attached hydrogens (tertiary/aromatic N) is 1. The number of hydrogen-bond donors (Lipinski definition) is 1.